The molecule has 1 aromatic heterocycles. The molecule has 24 heavy (non-hydrogen) atoms. The molecule has 0 aliphatic carbocycles. The monoisotopic (exact) mass is 325 g/mol. The summed E-state index contributed by atoms with van der Waals surface area (Å²) in [6.45, 7) is 1.55. The van der Waals surface area contributed by atoms with Gasteiger partial charge < -0.3 is 21.1 Å². The number of piperidine rings is 1. The molecule has 1 aliphatic rings. The van der Waals surface area contributed by atoms with E-state index in [1.807, 2.05) is 0 Å². The van der Waals surface area contributed by atoms with E-state index in [2.05, 4.69) is 16.0 Å². The third-order valence-electron chi connectivity index (χ3n) is 4.33. The predicted molar refractivity (Wildman–Crippen MR) is 91.0 cm³/mol. The molecule has 0 radical (unpaired) electrons. The first kappa shape index (κ1) is 16.0. The zero-order valence-electron chi connectivity index (χ0n) is 13.5. The number of carbonyl (C=O) groups excluding carboxylic acids is 1. The van der Waals surface area contributed by atoms with Crippen LogP contribution in [0.2, 0.25) is 0 Å². The Bertz CT molecular complexity index is 843. The number of anilines is 1. The van der Waals surface area contributed by atoms with E-state index in [9.17, 15) is 10.1 Å². The summed E-state index contributed by atoms with van der Waals surface area (Å²) in [5.41, 5.74) is 12.1. The second-order valence-electron chi connectivity index (χ2n) is 5.92. The van der Waals surface area contributed by atoms with Gasteiger partial charge in [-0.1, -0.05) is 0 Å². The van der Waals surface area contributed by atoms with Crippen LogP contribution in [0.4, 0.5) is 5.82 Å². The number of rotatable bonds is 3. The average Bonchev–Trinajstić information content (AvgIpc) is 2.59. The van der Waals surface area contributed by atoms with Crippen LogP contribution in [-0.2, 0) is 0 Å². The predicted octanol–water partition coefficient (Wildman–Crippen LogP) is 1.14. The lowest BCUT2D eigenvalue weighted by molar-refractivity contribution is 0.0997. The van der Waals surface area contributed by atoms with Crippen molar-refractivity contribution in [2.75, 3.05) is 25.1 Å². The van der Waals surface area contributed by atoms with Crippen LogP contribution in [0.1, 0.15) is 28.8 Å². The number of pyridine rings is 1. The van der Waals surface area contributed by atoms with Gasteiger partial charge in [0.1, 0.15) is 17.6 Å². The summed E-state index contributed by atoms with van der Waals surface area (Å²) in [4.78, 5) is 18.2. The zero-order chi connectivity index (χ0) is 17.3. The van der Waals surface area contributed by atoms with E-state index in [0.717, 1.165) is 30.6 Å². The molecule has 0 bridgehead atoms. The summed E-state index contributed by atoms with van der Waals surface area (Å²) in [5, 5.41) is 10.8. The number of ether oxygens (including phenoxy) is 1. The molecule has 1 saturated heterocycles. The number of aromatic nitrogens is 1. The number of hydrogen-bond acceptors (Lipinski definition) is 6. The Hall–Kier alpha value is -2.85. The van der Waals surface area contributed by atoms with Crippen molar-refractivity contribution in [3.8, 4) is 11.8 Å². The highest BCUT2D eigenvalue weighted by Gasteiger charge is 2.22. The molecule has 2 aromatic rings. The Kier molecular flexibility index (Phi) is 4.23. The summed E-state index contributed by atoms with van der Waals surface area (Å²) in [5.74, 6) is 0.513. The van der Waals surface area contributed by atoms with Crippen LogP contribution >= 0.6 is 0 Å². The molecule has 4 N–H and O–H groups in total. The van der Waals surface area contributed by atoms with Gasteiger partial charge in [0, 0.05) is 36.1 Å². The second-order valence-corrected chi connectivity index (χ2v) is 5.92. The largest absolute Gasteiger partial charge is 0.496 e. The van der Waals surface area contributed by atoms with Crippen molar-refractivity contribution in [1.82, 2.24) is 4.98 Å². The molecule has 1 fully saturated rings. The van der Waals surface area contributed by atoms with Crippen molar-refractivity contribution in [2.24, 2.45) is 11.5 Å². The van der Waals surface area contributed by atoms with Crippen LogP contribution in [0.25, 0.3) is 10.8 Å². The first-order valence-corrected chi connectivity index (χ1v) is 7.76. The van der Waals surface area contributed by atoms with Gasteiger partial charge in [0.15, 0.2) is 0 Å². The molecule has 1 aliphatic heterocycles. The molecule has 2 heterocycles. The Morgan fingerprint density at radius 3 is 2.88 bits per heavy atom. The third-order valence-corrected chi connectivity index (χ3v) is 4.33. The molecule has 7 heteroatoms. The van der Waals surface area contributed by atoms with Gasteiger partial charge >= 0.3 is 0 Å². The van der Waals surface area contributed by atoms with Crippen LogP contribution in [0.5, 0.6) is 5.75 Å². The van der Waals surface area contributed by atoms with E-state index >= 15 is 0 Å². The number of primary amides is 1. The van der Waals surface area contributed by atoms with Gasteiger partial charge in [-0.2, -0.15) is 5.26 Å². The lowest BCUT2D eigenvalue weighted by atomic mass is 10.0. The van der Waals surface area contributed by atoms with Gasteiger partial charge in [-0.15, -0.1) is 0 Å². The number of amides is 1. The Balaban J connectivity index is 2.24. The normalized spacial score (nSPS) is 17.5. The molecular weight excluding hydrogens is 306 g/mol. The summed E-state index contributed by atoms with van der Waals surface area (Å²) < 4.78 is 5.30. The number of fused-ring (bicyclic) bond motifs is 1. The molecule has 1 atom stereocenters. The van der Waals surface area contributed by atoms with E-state index in [0.29, 0.717) is 23.2 Å². The first-order valence-electron chi connectivity index (χ1n) is 7.76. The molecule has 7 nitrogen and oxygen atoms in total. The van der Waals surface area contributed by atoms with Gasteiger partial charge in [-0.05, 0) is 25.0 Å². The maximum absolute atomic E-state index is 11.7. The number of methoxy groups -OCH3 is 1. The van der Waals surface area contributed by atoms with Gasteiger partial charge in [0.05, 0.1) is 18.2 Å². The van der Waals surface area contributed by atoms with Gasteiger partial charge in [0.2, 0.25) is 0 Å². The minimum atomic E-state index is -0.601. The molecule has 124 valence electrons. The van der Waals surface area contributed by atoms with Crippen LogP contribution in [-0.4, -0.2) is 37.1 Å². The summed E-state index contributed by atoms with van der Waals surface area (Å²) in [6.07, 6.45) is 3.50. The maximum atomic E-state index is 11.7. The fraction of sp³-hybridized carbons (Fsp3) is 0.353. The smallest absolute Gasteiger partial charge is 0.252 e. The fourth-order valence-corrected chi connectivity index (χ4v) is 3.16. The first-order chi connectivity index (χ1) is 11.5. The number of hydrogen-bond donors (Lipinski definition) is 2. The molecule has 1 aromatic carbocycles. The van der Waals surface area contributed by atoms with E-state index in [1.54, 1.807) is 12.1 Å². The van der Waals surface area contributed by atoms with Crippen LogP contribution in [0.15, 0.2) is 18.3 Å². The Morgan fingerprint density at radius 2 is 2.25 bits per heavy atom. The lowest BCUT2D eigenvalue weighted by Gasteiger charge is -2.32. The maximum Gasteiger partial charge on any atom is 0.252 e. The number of nitriles is 1. The standard InChI is InChI=1S/C17H19N5O2/c1-24-15-6-13-12(5-14(15)16(20)23)10(7-18)8-21-17(13)22-4-2-3-11(19)9-22/h5-6,8,11H,2-4,9,19H2,1H3,(H2,20,23). The van der Waals surface area contributed by atoms with E-state index in [-0.39, 0.29) is 11.6 Å². The summed E-state index contributed by atoms with van der Waals surface area (Å²) in [6, 6.07) is 5.53. The number of nitrogens with zero attached hydrogens (tertiary/aromatic N) is 3. The molecule has 0 saturated carbocycles. The van der Waals surface area contributed by atoms with Crippen molar-refractivity contribution in [2.45, 2.75) is 18.9 Å². The molecule has 1 amide bonds. The second kappa shape index (κ2) is 6.34. The highest BCUT2D eigenvalue weighted by molar-refractivity contribution is 6.04. The van der Waals surface area contributed by atoms with Gasteiger partial charge in [-0.3, -0.25) is 4.79 Å². The topological polar surface area (TPSA) is 118 Å². The summed E-state index contributed by atoms with van der Waals surface area (Å²) in [7, 11) is 1.48. The highest BCUT2D eigenvalue weighted by Crippen LogP contribution is 2.34. The van der Waals surface area contributed by atoms with Crippen LogP contribution in [0, 0.1) is 11.3 Å². The van der Waals surface area contributed by atoms with Crippen molar-refractivity contribution >= 4 is 22.5 Å². The van der Waals surface area contributed by atoms with Crippen LogP contribution in [0.3, 0.4) is 0 Å². The van der Waals surface area contributed by atoms with Crippen molar-refractivity contribution in [1.29, 1.82) is 5.26 Å². The van der Waals surface area contributed by atoms with Crippen LogP contribution < -0.4 is 21.1 Å². The number of carbonyl (C=O) groups is 1. The number of nitrogens with two attached hydrogens (primary N) is 2. The van der Waals surface area contributed by atoms with Crippen molar-refractivity contribution in [3.05, 3.63) is 29.5 Å². The van der Waals surface area contributed by atoms with E-state index in [1.165, 1.54) is 13.3 Å². The van der Waals surface area contributed by atoms with Crippen molar-refractivity contribution < 1.29 is 9.53 Å². The molecular formula is C17H19N5O2. The van der Waals surface area contributed by atoms with E-state index in [4.69, 9.17) is 16.2 Å². The average molecular weight is 325 g/mol. The van der Waals surface area contributed by atoms with Crippen molar-refractivity contribution in [3.63, 3.8) is 0 Å². The number of benzene rings is 1. The minimum Gasteiger partial charge on any atom is -0.496 e. The summed E-state index contributed by atoms with van der Waals surface area (Å²) >= 11 is 0. The molecule has 0 spiro atoms. The fourth-order valence-electron chi connectivity index (χ4n) is 3.16. The SMILES string of the molecule is COc1cc2c(N3CCCC(N)C3)ncc(C#N)c2cc1C(N)=O. The quantitative estimate of drug-likeness (QED) is 0.873. The zero-order valence-corrected chi connectivity index (χ0v) is 13.5. The van der Waals surface area contributed by atoms with E-state index < -0.39 is 5.91 Å². The Labute approximate surface area is 139 Å². The minimum absolute atomic E-state index is 0.0954. The van der Waals surface area contributed by atoms with Gasteiger partial charge in [0.25, 0.3) is 5.91 Å². The highest BCUT2D eigenvalue weighted by atomic mass is 16.5. The third kappa shape index (κ3) is 2.72. The lowest BCUT2D eigenvalue weighted by Crippen LogP contribution is -2.43. The Morgan fingerprint density at radius 1 is 1.46 bits per heavy atom. The van der Waals surface area contributed by atoms with Gasteiger partial charge in [-0.25, -0.2) is 4.98 Å². The molecule has 3 rings (SSSR count). The molecule has 1 unspecified atom stereocenters.